The van der Waals surface area contributed by atoms with Crippen LogP contribution < -0.4 is 0 Å². The Morgan fingerprint density at radius 3 is 2.67 bits per heavy atom. The van der Waals surface area contributed by atoms with E-state index in [0.717, 1.165) is 12.0 Å². The van der Waals surface area contributed by atoms with Crippen molar-refractivity contribution in [1.82, 2.24) is 0 Å². The SMILES string of the molecule is CCOC(=O)C1C=CC=CC1(O)OC(=O)CCCc1ccccc1. The van der Waals surface area contributed by atoms with Crippen molar-refractivity contribution in [3.63, 3.8) is 0 Å². The van der Waals surface area contributed by atoms with Crippen LogP contribution in [-0.4, -0.2) is 29.4 Å². The van der Waals surface area contributed by atoms with Crippen LogP contribution in [0.25, 0.3) is 0 Å². The van der Waals surface area contributed by atoms with E-state index in [2.05, 4.69) is 0 Å². The van der Waals surface area contributed by atoms with E-state index in [0.29, 0.717) is 6.42 Å². The smallest absolute Gasteiger partial charge is 0.319 e. The molecule has 0 fully saturated rings. The van der Waals surface area contributed by atoms with Gasteiger partial charge in [0.05, 0.1) is 6.61 Å². The average Bonchev–Trinajstić information content (AvgIpc) is 2.56. The van der Waals surface area contributed by atoms with E-state index < -0.39 is 23.6 Å². The first kappa shape index (κ1) is 17.9. The minimum Gasteiger partial charge on any atom is -0.465 e. The van der Waals surface area contributed by atoms with E-state index in [4.69, 9.17) is 9.47 Å². The molecule has 0 aromatic heterocycles. The van der Waals surface area contributed by atoms with Gasteiger partial charge in [-0.2, -0.15) is 0 Å². The number of esters is 2. The highest BCUT2D eigenvalue weighted by Crippen LogP contribution is 2.28. The van der Waals surface area contributed by atoms with E-state index in [-0.39, 0.29) is 13.0 Å². The summed E-state index contributed by atoms with van der Waals surface area (Å²) in [5.74, 6) is -4.23. The van der Waals surface area contributed by atoms with Gasteiger partial charge in [0.1, 0.15) is 5.92 Å². The third-order valence-corrected chi connectivity index (χ3v) is 3.70. The Morgan fingerprint density at radius 1 is 1.21 bits per heavy atom. The molecular weight excluding hydrogens is 308 g/mol. The summed E-state index contributed by atoms with van der Waals surface area (Å²) in [6, 6.07) is 9.80. The first-order valence-corrected chi connectivity index (χ1v) is 8.06. The second-order valence-electron chi connectivity index (χ2n) is 5.54. The number of aliphatic hydroxyl groups is 1. The van der Waals surface area contributed by atoms with Gasteiger partial charge < -0.3 is 14.6 Å². The lowest BCUT2D eigenvalue weighted by Gasteiger charge is -2.31. The van der Waals surface area contributed by atoms with Crippen LogP contribution in [0.2, 0.25) is 0 Å². The first-order valence-electron chi connectivity index (χ1n) is 8.06. The van der Waals surface area contributed by atoms with Gasteiger partial charge in [-0.15, -0.1) is 0 Å². The van der Waals surface area contributed by atoms with Gasteiger partial charge in [0, 0.05) is 6.42 Å². The number of hydrogen-bond donors (Lipinski definition) is 1. The van der Waals surface area contributed by atoms with Crippen molar-refractivity contribution in [3.05, 3.63) is 60.2 Å². The molecular formula is C19H22O5. The molecule has 0 aliphatic heterocycles. The van der Waals surface area contributed by atoms with Crippen LogP contribution in [0.15, 0.2) is 54.6 Å². The molecule has 0 radical (unpaired) electrons. The maximum Gasteiger partial charge on any atom is 0.319 e. The quantitative estimate of drug-likeness (QED) is 0.614. The Labute approximate surface area is 141 Å². The third-order valence-electron chi connectivity index (χ3n) is 3.70. The summed E-state index contributed by atoms with van der Waals surface area (Å²) in [6.07, 6.45) is 7.41. The van der Waals surface area contributed by atoms with Crippen molar-refractivity contribution in [3.8, 4) is 0 Å². The molecule has 0 amide bonds. The van der Waals surface area contributed by atoms with Gasteiger partial charge in [0.2, 0.25) is 5.79 Å². The van der Waals surface area contributed by atoms with Crippen molar-refractivity contribution in [1.29, 1.82) is 0 Å². The van der Waals surface area contributed by atoms with Crippen molar-refractivity contribution in [2.75, 3.05) is 6.61 Å². The molecule has 0 saturated carbocycles. The number of carbonyl (C=O) groups is 2. The molecule has 2 rings (SSSR count). The van der Waals surface area contributed by atoms with Crippen LogP contribution in [-0.2, 0) is 25.5 Å². The Kier molecular flexibility index (Phi) is 6.32. The number of hydrogen-bond acceptors (Lipinski definition) is 5. The predicted molar refractivity (Wildman–Crippen MR) is 88.8 cm³/mol. The summed E-state index contributed by atoms with van der Waals surface area (Å²) in [6.45, 7) is 1.86. The average molecular weight is 330 g/mol. The lowest BCUT2D eigenvalue weighted by Crippen LogP contribution is -2.45. The van der Waals surface area contributed by atoms with Gasteiger partial charge in [-0.3, -0.25) is 9.59 Å². The van der Waals surface area contributed by atoms with Crippen molar-refractivity contribution >= 4 is 11.9 Å². The molecule has 0 saturated heterocycles. The summed E-state index contributed by atoms with van der Waals surface area (Å²) in [5.41, 5.74) is 1.13. The molecule has 2 unspecified atom stereocenters. The first-order chi connectivity index (χ1) is 11.5. The Morgan fingerprint density at radius 2 is 1.96 bits per heavy atom. The molecule has 0 spiro atoms. The van der Waals surface area contributed by atoms with Crippen LogP contribution in [0, 0.1) is 5.92 Å². The number of rotatable bonds is 7. The molecule has 1 aliphatic carbocycles. The molecule has 24 heavy (non-hydrogen) atoms. The molecule has 2 atom stereocenters. The number of carbonyl (C=O) groups excluding carboxylic acids is 2. The molecule has 5 heteroatoms. The molecule has 128 valence electrons. The van der Waals surface area contributed by atoms with Crippen LogP contribution in [0.3, 0.4) is 0 Å². The summed E-state index contributed by atoms with van der Waals surface area (Å²) >= 11 is 0. The van der Waals surface area contributed by atoms with Gasteiger partial charge in [0.15, 0.2) is 0 Å². The second-order valence-corrected chi connectivity index (χ2v) is 5.54. The maximum atomic E-state index is 12.0. The van der Waals surface area contributed by atoms with Crippen molar-refractivity contribution < 1.29 is 24.2 Å². The van der Waals surface area contributed by atoms with Gasteiger partial charge in [-0.05, 0) is 31.4 Å². The fourth-order valence-corrected chi connectivity index (χ4v) is 2.50. The fraction of sp³-hybridized carbons (Fsp3) is 0.368. The zero-order valence-corrected chi connectivity index (χ0v) is 13.7. The monoisotopic (exact) mass is 330 g/mol. The lowest BCUT2D eigenvalue weighted by atomic mass is 9.93. The Balaban J connectivity index is 1.89. The number of allylic oxidation sites excluding steroid dienone is 2. The van der Waals surface area contributed by atoms with Gasteiger partial charge in [-0.1, -0.05) is 48.6 Å². The van der Waals surface area contributed by atoms with E-state index >= 15 is 0 Å². The Hall–Kier alpha value is -2.40. The molecule has 1 N–H and O–H groups in total. The van der Waals surface area contributed by atoms with Crippen LogP contribution in [0.5, 0.6) is 0 Å². The van der Waals surface area contributed by atoms with E-state index in [9.17, 15) is 14.7 Å². The largest absolute Gasteiger partial charge is 0.465 e. The number of ether oxygens (including phenoxy) is 2. The topological polar surface area (TPSA) is 72.8 Å². The minimum absolute atomic E-state index is 0.157. The minimum atomic E-state index is -2.00. The second kappa shape index (κ2) is 8.45. The Bertz CT molecular complexity index is 620. The summed E-state index contributed by atoms with van der Waals surface area (Å²) < 4.78 is 10.1. The zero-order chi connectivity index (χ0) is 17.4. The van der Waals surface area contributed by atoms with Crippen molar-refractivity contribution in [2.45, 2.75) is 32.0 Å². The molecule has 0 heterocycles. The van der Waals surface area contributed by atoms with Crippen LogP contribution in [0.1, 0.15) is 25.3 Å². The summed E-state index contributed by atoms with van der Waals surface area (Å²) in [7, 11) is 0. The molecule has 5 nitrogen and oxygen atoms in total. The van der Waals surface area contributed by atoms with Gasteiger partial charge in [0.25, 0.3) is 0 Å². The molecule has 1 aromatic rings. The lowest BCUT2D eigenvalue weighted by molar-refractivity contribution is -0.209. The summed E-state index contributed by atoms with van der Waals surface area (Å²) in [5, 5.41) is 10.5. The van der Waals surface area contributed by atoms with E-state index in [1.807, 2.05) is 30.3 Å². The van der Waals surface area contributed by atoms with Crippen molar-refractivity contribution in [2.24, 2.45) is 5.92 Å². The normalized spacial score (nSPS) is 22.2. The standard InChI is InChI=1S/C19H22O5/c1-2-23-18(21)16-12-6-7-14-19(16,22)24-17(20)13-8-11-15-9-4-3-5-10-15/h3-7,9-10,12,14,16,22H,2,8,11,13H2,1H3. The highest BCUT2D eigenvalue weighted by atomic mass is 16.7. The molecule has 1 aliphatic rings. The number of benzene rings is 1. The highest BCUT2D eigenvalue weighted by molar-refractivity contribution is 5.78. The molecule has 0 bridgehead atoms. The van der Waals surface area contributed by atoms with Gasteiger partial charge in [-0.25, -0.2) is 0 Å². The van der Waals surface area contributed by atoms with Gasteiger partial charge >= 0.3 is 11.9 Å². The van der Waals surface area contributed by atoms with E-state index in [1.165, 1.54) is 18.2 Å². The van der Waals surface area contributed by atoms with Crippen LogP contribution in [0.4, 0.5) is 0 Å². The zero-order valence-electron chi connectivity index (χ0n) is 13.7. The third kappa shape index (κ3) is 4.80. The summed E-state index contributed by atoms with van der Waals surface area (Å²) in [4.78, 5) is 24.0. The maximum absolute atomic E-state index is 12.0. The van der Waals surface area contributed by atoms with E-state index in [1.54, 1.807) is 13.0 Å². The molecule has 1 aromatic carbocycles. The highest BCUT2D eigenvalue weighted by Gasteiger charge is 2.43. The number of aryl methyl sites for hydroxylation is 1. The predicted octanol–water partition coefficient (Wildman–Crippen LogP) is 2.55. The fourth-order valence-electron chi connectivity index (χ4n) is 2.50. The van der Waals surface area contributed by atoms with Crippen LogP contribution >= 0.6 is 0 Å².